The van der Waals surface area contributed by atoms with Gasteiger partial charge in [-0.3, -0.25) is 0 Å². The van der Waals surface area contributed by atoms with Crippen LogP contribution in [-0.2, 0) is 13.0 Å². The van der Waals surface area contributed by atoms with E-state index >= 15 is 0 Å². The number of hydrogen-bond donors (Lipinski definition) is 2. The molecule has 0 amide bonds. The SMILES string of the molecule is Cc1ccc2c(c1)CCC2NCc1cccc(C(=O)O)c1. The second-order valence-electron chi connectivity index (χ2n) is 5.68. The van der Waals surface area contributed by atoms with Crippen molar-refractivity contribution in [3.05, 3.63) is 70.3 Å². The van der Waals surface area contributed by atoms with Crippen LogP contribution in [0, 0.1) is 6.92 Å². The molecule has 0 aromatic heterocycles. The third kappa shape index (κ3) is 2.98. The fraction of sp³-hybridized carbons (Fsp3) is 0.278. The van der Waals surface area contributed by atoms with Gasteiger partial charge >= 0.3 is 5.97 Å². The Hall–Kier alpha value is -2.13. The summed E-state index contributed by atoms with van der Waals surface area (Å²) in [4.78, 5) is 11.0. The van der Waals surface area contributed by atoms with Crippen LogP contribution in [0.1, 0.15) is 45.1 Å². The Bertz CT molecular complexity index is 679. The predicted molar refractivity (Wildman–Crippen MR) is 82.5 cm³/mol. The van der Waals surface area contributed by atoms with Crippen LogP contribution in [0.3, 0.4) is 0 Å². The first kappa shape index (κ1) is 13.8. The average Bonchev–Trinajstić information content (AvgIpc) is 2.87. The van der Waals surface area contributed by atoms with Crippen molar-refractivity contribution in [3.8, 4) is 0 Å². The van der Waals surface area contributed by atoms with E-state index in [-0.39, 0.29) is 0 Å². The van der Waals surface area contributed by atoms with Gasteiger partial charge in [-0.2, -0.15) is 0 Å². The van der Waals surface area contributed by atoms with Crippen molar-refractivity contribution in [2.24, 2.45) is 0 Å². The molecule has 3 nitrogen and oxygen atoms in total. The molecular formula is C18H19NO2. The van der Waals surface area contributed by atoms with Crippen molar-refractivity contribution in [3.63, 3.8) is 0 Å². The minimum absolute atomic E-state index is 0.344. The first-order chi connectivity index (χ1) is 10.1. The second-order valence-corrected chi connectivity index (χ2v) is 5.68. The molecule has 0 saturated heterocycles. The first-order valence-corrected chi connectivity index (χ1v) is 7.28. The fourth-order valence-electron chi connectivity index (χ4n) is 3.01. The van der Waals surface area contributed by atoms with Gasteiger partial charge in [0.1, 0.15) is 0 Å². The van der Waals surface area contributed by atoms with Crippen LogP contribution >= 0.6 is 0 Å². The number of aromatic carboxylic acids is 1. The van der Waals surface area contributed by atoms with E-state index in [1.165, 1.54) is 16.7 Å². The maximum atomic E-state index is 11.0. The van der Waals surface area contributed by atoms with Crippen LogP contribution in [0.25, 0.3) is 0 Å². The van der Waals surface area contributed by atoms with Gasteiger partial charge in [0.05, 0.1) is 5.56 Å². The summed E-state index contributed by atoms with van der Waals surface area (Å²) in [5.74, 6) is -0.876. The minimum atomic E-state index is -0.876. The van der Waals surface area contributed by atoms with Gasteiger partial charge in [-0.05, 0) is 48.6 Å². The molecule has 2 aromatic rings. The zero-order valence-electron chi connectivity index (χ0n) is 12.1. The summed E-state index contributed by atoms with van der Waals surface area (Å²) < 4.78 is 0. The van der Waals surface area contributed by atoms with E-state index in [2.05, 4.69) is 30.4 Å². The molecule has 2 aromatic carbocycles. The van der Waals surface area contributed by atoms with E-state index in [0.29, 0.717) is 18.2 Å². The zero-order chi connectivity index (χ0) is 14.8. The highest BCUT2D eigenvalue weighted by molar-refractivity contribution is 5.87. The van der Waals surface area contributed by atoms with Crippen LogP contribution < -0.4 is 5.32 Å². The highest BCUT2D eigenvalue weighted by Gasteiger charge is 2.21. The summed E-state index contributed by atoms with van der Waals surface area (Å²) in [6.07, 6.45) is 2.22. The molecule has 0 saturated carbocycles. The number of aryl methyl sites for hydroxylation is 2. The van der Waals surface area contributed by atoms with Crippen molar-refractivity contribution in [1.29, 1.82) is 0 Å². The van der Waals surface area contributed by atoms with Crippen molar-refractivity contribution in [2.45, 2.75) is 32.4 Å². The van der Waals surface area contributed by atoms with E-state index in [0.717, 1.165) is 18.4 Å². The van der Waals surface area contributed by atoms with Gasteiger partial charge in [0, 0.05) is 12.6 Å². The van der Waals surface area contributed by atoms with Crippen LogP contribution in [0.4, 0.5) is 0 Å². The molecule has 0 spiro atoms. The lowest BCUT2D eigenvalue weighted by atomic mass is 10.0. The second kappa shape index (κ2) is 5.70. The summed E-state index contributed by atoms with van der Waals surface area (Å²) in [5.41, 5.74) is 5.48. The standard InChI is InChI=1S/C18H19NO2/c1-12-5-7-16-14(9-12)6-8-17(16)19-11-13-3-2-4-15(10-13)18(20)21/h2-5,7,9-10,17,19H,6,8,11H2,1H3,(H,20,21). The van der Waals surface area contributed by atoms with Gasteiger partial charge < -0.3 is 10.4 Å². The Morgan fingerprint density at radius 1 is 1.29 bits per heavy atom. The molecule has 0 aliphatic heterocycles. The van der Waals surface area contributed by atoms with Crippen molar-refractivity contribution in [2.75, 3.05) is 0 Å². The van der Waals surface area contributed by atoms with E-state index in [9.17, 15) is 4.79 Å². The maximum Gasteiger partial charge on any atom is 0.335 e. The summed E-state index contributed by atoms with van der Waals surface area (Å²) in [6.45, 7) is 2.82. The van der Waals surface area contributed by atoms with E-state index in [4.69, 9.17) is 5.11 Å². The van der Waals surface area contributed by atoms with E-state index in [1.54, 1.807) is 18.2 Å². The molecule has 2 N–H and O–H groups in total. The van der Waals surface area contributed by atoms with Crippen LogP contribution in [0.15, 0.2) is 42.5 Å². The molecule has 0 fully saturated rings. The van der Waals surface area contributed by atoms with Crippen molar-refractivity contribution < 1.29 is 9.90 Å². The topological polar surface area (TPSA) is 49.3 Å². The van der Waals surface area contributed by atoms with E-state index < -0.39 is 5.97 Å². The Kier molecular flexibility index (Phi) is 3.76. The Morgan fingerprint density at radius 3 is 2.95 bits per heavy atom. The normalized spacial score (nSPS) is 16.7. The van der Waals surface area contributed by atoms with Crippen LogP contribution in [-0.4, -0.2) is 11.1 Å². The summed E-state index contributed by atoms with van der Waals surface area (Å²) in [6, 6.07) is 14.1. The molecule has 1 atom stereocenters. The van der Waals surface area contributed by atoms with Gasteiger partial charge in [-0.25, -0.2) is 4.79 Å². The highest BCUT2D eigenvalue weighted by Crippen LogP contribution is 2.31. The number of nitrogens with one attached hydrogen (secondary N) is 1. The maximum absolute atomic E-state index is 11.0. The smallest absolute Gasteiger partial charge is 0.335 e. The molecule has 1 aliphatic rings. The summed E-state index contributed by atoms with van der Waals surface area (Å²) >= 11 is 0. The lowest BCUT2D eigenvalue weighted by Crippen LogP contribution is -2.18. The lowest BCUT2D eigenvalue weighted by molar-refractivity contribution is 0.0696. The number of benzene rings is 2. The molecule has 3 heteroatoms. The van der Waals surface area contributed by atoms with Gasteiger partial charge in [-0.15, -0.1) is 0 Å². The largest absolute Gasteiger partial charge is 0.478 e. The minimum Gasteiger partial charge on any atom is -0.478 e. The number of carboxylic acid groups (broad SMARTS) is 1. The Balaban J connectivity index is 1.70. The molecule has 1 aliphatic carbocycles. The molecule has 3 rings (SSSR count). The Labute approximate surface area is 124 Å². The van der Waals surface area contributed by atoms with Crippen molar-refractivity contribution >= 4 is 5.97 Å². The zero-order valence-corrected chi connectivity index (χ0v) is 12.1. The first-order valence-electron chi connectivity index (χ1n) is 7.28. The fourth-order valence-corrected chi connectivity index (χ4v) is 3.01. The van der Waals surface area contributed by atoms with E-state index in [1.807, 2.05) is 6.07 Å². The third-order valence-corrected chi connectivity index (χ3v) is 4.10. The molecule has 1 unspecified atom stereocenters. The number of carboxylic acids is 1. The third-order valence-electron chi connectivity index (χ3n) is 4.10. The predicted octanol–water partition coefficient (Wildman–Crippen LogP) is 3.47. The average molecular weight is 281 g/mol. The van der Waals surface area contributed by atoms with Crippen molar-refractivity contribution in [1.82, 2.24) is 5.32 Å². The van der Waals surface area contributed by atoms with Gasteiger partial charge in [0.25, 0.3) is 0 Å². The molecule has 0 bridgehead atoms. The molecule has 108 valence electrons. The number of rotatable bonds is 4. The number of fused-ring (bicyclic) bond motifs is 1. The lowest BCUT2D eigenvalue weighted by Gasteiger charge is -2.14. The number of hydrogen-bond acceptors (Lipinski definition) is 2. The monoisotopic (exact) mass is 281 g/mol. The van der Waals surface area contributed by atoms with Crippen LogP contribution in [0.5, 0.6) is 0 Å². The quantitative estimate of drug-likeness (QED) is 0.902. The van der Waals surface area contributed by atoms with Crippen LogP contribution in [0.2, 0.25) is 0 Å². The number of carbonyl (C=O) groups is 1. The molecular weight excluding hydrogens is 262 g/mol. The van der Waals surface area contributed by atoms with Gasteiger partial charge in [-0.1, -0.05) is 35.9 Å². The van der Waals surface area contributed by atoms with Gasteiger partial charge in [0.15, 0.2) is 0 Å². The molecule has 0 radical (unpaired) electrons. The summed E-state index contributed by atoms with van der Waals surface area (Å²) in [5, 5.41) is 12.6. The van der Waals surface area contributed by atoms with Gasteiger partial charge in [0.2, 0.25) is 0 Å². The molecule has 21 heavy (non-hydrogen) atoms. The molecule has 0 heterocycles. The summed E-state index contributed by atoms with van der Waals surface area (Å²) in [7, 11) is 0. The Morgan fingerprint density at radius 2 is 2.14 bits per heavy atom. The highest BCUT2D eigenvalue weighted by atomic mass is 16.4.